The number of nitrogens with zero attached hydrogens (tertiary/aromatic N) is 1. The predicted molar refractivity (Wildman–Crippen MR) is 76.4 cm³/mol. The summed E-state index contributed by atoms with van der Waals surface area (Å²) in [7, 11) is 0. The van der Waals surface area contributed by atoms with Crippen molar-refractivity contribution in [2.24, 2.45) is 5.92 Å². The van der Waals surface area contributed by atoms with Crippen LogP contribution >= 0.6 is 0 Å². The van der Waals surface area contributed by atoms with Gasteiger partial charge in [-0.05, 0) is 31.8 Å². The van der Waals surface area contributed by atoms with Gasteiger partial charge in [0.2, 0.25) is 0 Å². The second-order valence-corrected chi connectivity index (χ2v) is 5.31. The maximum absolute atomic E-state index is 8.64. The number of aliphatic hydroxyl groups excluding tert-OH is 1. The summed E-state index contributed by atoms with van der Waals surface area (Å²) in [5.74, 6) is 0.898. The van der Waals surface area contributed by atoms with E-state index in [-0.39, 0.29) is 0 Å². The zero-order valence-corrected chi connectivity index (χ0v) is 12.2. The fourth-order valence-corrected chi connectivity index (χ4v) is 2.10. The van der Waals surface area contributed by atoms with Crippen LogP contribution in [0.15, 0.2) is 0 Å². The van der Waals surface area contributed by atoms with Gasteiger partial charge in [-0.15, -0.1) is 0 Å². The number of unbranched alkanes of at least 4 members (excludes halogenated alkanes) is 4. The molecule has 1 heterocycles. The van der Waals surface area contributed by atoms with Crippen LogP contribution in [0.1, 0.15) is 65.7 Å². The first-order valence-corrected chi connectivity index (χ1v) is 7.57. The zero-order chi connectivity index (χ0) is 12.9. The highest BCUT2D eigenvalue weighted by molar-refractivity contribution is 4.68. The molecule has 0 atom stereocenters. The van der Waals surface area contributed by atoms with Gasteiger partial charge in [0, 0.05) is 6.54 Å². The second kappa shape index (κ2) is 12.4. The SMILES string of the molecule is CC1CCN(CCO)CC1.CCCCCCC. The molecule has 0 spiro atoms. The highest BCUT2D eigenvalue weighted by Gasteiger charge is 2.13. The summed E-state index contributed by atoms with van der Waals surface area (Å²) in [5, 5.41) is 8.64. The quantitative estimate of drug-likeness (QED) is 0.719. The third kappa shape index (κ3) is 10.8. The summed E-state index contributed by atoms with van der Waals surface area (Å²) < 4.78 is 0. The van der Waals surface area contributed by atoms with Crippen LogP contribution in [0.2, 0.25) is 0 Å². The Bertz CT molecular complexity index is 138. The molecule has 1 rings (SSSR count). The Morgan fingerprint density at radius 1 is 1.00 bits per heavy atom. The number of β-amino-alcohol motifs (C(OH)–C–C–N with tert-alkyl or cyclic N) is 1. The number of likely N-dealkylation sites (tertiary alicyclic amines) is 1. The van der Waals surface area contributed by atoms with E-state index in [0.29, 0.717) is 6.61 Å². The molecule has 0 saturated carbocycles. The van der Waals surface area contributed by atoms with E-state index in [1.54, 1.807) is 0 Å². The van der Waals surface area contributed by atoms with Crippen LogP contribution in [-0.2, 0) is 0 Å². The van der Waals surface area contributed by atoms with Crippen molar-refractivity contribution in [3.8, 4) is 0 Å². The Kier molecular flexibility index (Phi) is 12.3. The Morgan fingerprint density at radius 2 is 1.53 bits per heavy atom. The van der Waals surface area contributed by atoms with Crippen molar-refractivity contribution >= 4 is 0 Å². The fraction of sp³-hybridized carbons (Fsp3) is 1.00. The molecule has 0 bridgehead atoms. The van der Waals surface area contributed by atoms with Gasteiger partial charge in [-0.3, -0.25) is 0 Å². The van der Waals surface area contributed by atoms with Crippen molar-refractivity contribution in [1.82, 2.24) is 4.90 Å². The van der Waals surface area contributed by atoms with Gasteiger partial charge in [0.25, 0.3) is 0 Å². The number of rotatable bonds is 6. The van der Waals surface area contributed by atoms with Crippen LogP contribution in [-0.4, -0.2) is 36.2 Å². The van der Waals surface area contributed by atoms with E-state index in [4.69, 9.17) is 5.11 Å². The normalized spacial score (nSPS) is 17.6. The molecule has 1 aliphatic heterocycles. The number of aliphatic hydroxyl groups is 1. The van der Waals surface area contributed by atoms with Gasteiger partial charge in [-0.2, -0.15) is 0 Å². The van der Waals surface area contributed by atoms with Crippen molar-refractivity contribution < 1.29 is 5.11 Å². The smallest absolute Gasteiger partial charge is 0.0558 e. The third-order valence-corrected chi connectivity index (χ3v) is 3.50. The summed E-state index contributed by atoms with van der Waals surface area (Å²) >= 11 is 0. The molecule has 2 nitrogen and oxygen atoms in total. The fourth-order valence-electron chi connectivity index (χ4n) is 2.10. The first-order valence-electron chi connectivity index (χ1n) is 7.57. The van der Waals surface area contributed by atoms with Crippen LogP contribution in [0.5, 0.6) is 0 Å². The lowest BCUT2D eigenvalue weighted by Gasteiger charge is -2.29. The molecular weight excluding hydrogens is 210 g/mol. The first-order chi connectivity index (χ1) is 8.24. The molecule has 17 heavy (non-hydrogen) atoms. The lowest BCUT2D eigenvalue weighted by atomic mass is 9.99. The first kappa shape index (κ1) is 16.9. The number of piperidine rings is 1. The molecule has 1 aliphatic rings. The Morgan fingerprint density at radius 3 is 1.94 bits per heavy atom. The van der Waals surface area contributed by atoms with Crippen LogP contribution in [0, 0.1) is 5.92 Å². The minimum atomic E-state index is 0.314. The van der Waals surface area contributed by atoms with Crippen molar-refractivity contribution in [1.29, 1.82) is 0 Å². The Hall–Kier alpha value is -0.0800. The highest BCUT2D eigenvalue weighted by Crippen LogP contribution is 2.14. The lowest BCUT2D eigenvalue weighted by Crippen LogP contribution is -2.34. The maximum atomic E-state index is 8.64. The molecule has 0 amide bonds. The highest BCUT2D eigenvalue weighted by atomic mass is 16.3. The van der Waals surface area contributed by atoms with Gasteiger partial charge in [0.1, 0.15) is 0 Å². The van der Waals surface area contributed by atoms with Gasteiger partial charge in [-0.1, -0.05) is 52.9 Å². The predicted octanol–water partition coefficient (Wildman–Crippen LogP) is 3.69. The van der Waals surface area contributed by atoms with E-state index < -0.39 is 0 Å². The van der Waals surface area contributed by atoms with Crippen molar-refractivity contribution in [2.75, 3.05) is 26.2 Å². The summed E-state index contributed by atoms with van der Waals surface area (Å²) in [6, 6.07) is 0. The largest absolute Gasteiger partial charge is 0.395 e. The van der Waals surface area contributed by atoms with Crippen LogP contribution in [0.3, 0.4) is 0 Å². The molecule has 0 unspecified atom stereocenters. The van der Waals surface area contributed by atoms with E-state index in [0.717, 1.165) is 12.5 Å². The minimum Gasteiger partial charge on any atom is -0.395 e. The topological polar surface area (TPSA) is 23.5 Å². The Balaban J connectivity index is 0.000000325. The van der Waals surface area contributed by atoms with Gasteiger partial charge in [-0.25, -0.2) is 0 Å². The third-order valence-electron chi connectivity index (χ3n) is 3.50. The number of hydrogen-bond acceptors (Lipinski definition) is 2. The van der Waals surface area contributed by atoms with E-state index in [9.17, 15) is 0 Å². The van der Waals surface area contributed by atoms with Crippen LogP contribution in [0.25, 0.3) is 0 Å². The Labute approximate surface area is 108 Å². The average Bonchev–Trinajstić information content (AvgIpc) is 2.34. The summed E-state index contributed by atoms with van der Waals surface area (Å²) in [6.45, 7) is 10.3. The van der Waals surface area contributed by atoms with E-state index in [1.807, 2.05) is 0 Å². The maximum Gasteiger partial charge on any atom is 0.0558 e. The summed E-state index contributed by atoms with van der Waals surface area (Å²) in [6.07, 6.45) is 9.62. The van der Waals surface area contributed by atoms with Crippen LogP contribution in [0.4, 0.5) is 0 Å². The second-order valence-electron chi connectivity index (χ2n) is 5.31. The van der Waals surface area contributed by atoms with Crippen molar-refractivity contribution in [3.05, 3.63) is 0 Å². The van der Waals surface area contributed by atoms with Gasteiger partial charge < -0.3 is 10.0 Å². The molecule has 1 saturated heterocycles. The van der Waals surface area contributed by atoms with Crippen LogP contribution < -0.4 is 0 Å². The molecule has 1 fully saturated rings. The molecule has 1 N–H and O–H groups in total. The van der Waals surface area contributed by atoms with Crippen molar-refractivity contribution in [3.63, 3.8) is 0 Å². The molecule has 0 aromatic heterocycles. The standard InChI is InChI=1S/C8H17NO.C7H16/c1-8-2-4-9(5-3-8)6-7-10;1-3-5-7-6-4-2/h8,10H,2-7H2,1H3;3-7H2,1-2H3. The monoisotopic (exact) mass is 243 g/mol. The molecule has 0 aromatic rings. The van der Waals surface area contributed by atoms with Gasteiger partial charge in [0.15, 0.2) is 0 Å². The molecule has 2 heteroatoms. The molecular formula is C15H33NO. The molecule has 0 radical (unpaired) electrons. The van der Waals surface area contributed by atoms with Gasteiger partial charge >= 0.3 is 0 Å². The van der Waals surface area contributed by atoms with E-state index in [2.05, 4.69) is 25.7 Å². The van der Waals surface area contributed by atoms with E-state index >= 15 is 0 Å². The summed E-state index contributed by atoms with van der Waals surface area (Å²) in [4.78, 5) is 2.33. The molecule has 0 aromatic carbocycles. The van der Waals surface area contributed by atoms with Crippen molar-refractivity contribution in [2.45, 2.75) is 65.7 Å². The average molecular weight is 243 g/mol. The number of hydrogen-bond donors (Lipinski definition) is 1. The minimum absolute atomic E-state index is 0.314. The van der Waals surface area contributed by atoms with E-state index in [1.165, 1.54) is 58.0 Å². The summed E-state index contributed by atoms with van der Waals surface area (Å²) in [5.41, 5.74) is 0. The molecule has 0 aliphatic carbocycles. The lowest BCUT2D eigenvalue weighted by molar-refractivity contribution is 0.152. The zero-order valence-electron chi connectivity index (χ0n) is 12.2. The van der Waals surface area contributed by atoms with Gasteiger partial charge in [0.05, 0.1) is 6.61 Å². The molecule has 104 valence electrons.